The Labute approximate surface area is 91.9 Å². The largest absolute Gasteiger partial charge is 2.00 e. The molecule has 1 aromatic carbocycles. The Kier molecular flexibility index (Phi) is 8.61. The van der Waals surface area contributed by atoms with Crippen LogP contribution in [-0.4, -0.2) is 30.2 Å². The van der Waals surface area contributed by atoms with Crippen LogP contribution < -0.4 is 21.7 Å². The van der Waals surface area contributed by atoms with E-state index in [1.807, 2.05) is 0 Å². The Morgan fingerprint density at radius 3 is 2.55 bits per heavy atom. The molecule has 0 atom stereocenters. The zero-order chi connectivity index (χ0) is 6.69. The number of rotatable bonds is 1. The summed E-state index contributed by atoms with van der Waals surface area (Å²) in [6, 6.07) is 6.76. The summed E-state index contributed by atoms with van der Waals surface area (Å²) in [5.74, 6) is 0.126. The molecule has 1 nitrogen and oxygen atoms in total. The molecule has 0 bridgehead atoms. The van der Waals surface area contributed by atoms with Gasteiger partial charge >= 0.3 is 23.1 Å². The van der Waals surface area contributed by atoms with E-state index >= 15 is 0 Å². The quantitative estimate of drug-likeness (QED) is 0.410. The molecule has 0 heterocycles. The van der Waals surface area contributed by atoms with Crippen LogP contribution >= 0.6 is 0 Å². The molecule has 0 fully saturated rings. The van der Waals surface area contributed by atoms with E-state index in [1.165, 1.54) is 19.2 Å². The third-order valence-electron chi connectivity index (χ3n) is 0.974. The monoisotopic (exact) mass is 228 g/mol. The van der Waals surface area contributed by atoms with Crippen LogP contribution in [0.2, 0.25) is 0 Å². The molecule has 0 aliphatic rings. The predicted octanol–water partition coefficient (Wildman–Crippen LogP) is -1.74. The van der Waals surface area contributed by atoms with Crippen LogP contribution in [0.4, 0.5) is 4.39 Å². The molecule has 1 rings (SSSR count). The topological polar surface area (TPSA) is 9.23 Å². The Morgan fingerprint density at radius 2 is 2.18 bits per heavy atom. The van der Waals surface area contributed by atoms with Gasteiger partial charge in [-0.05, 0) is 0 Å². The third kappa shape index (κ3) is 4.60. The minimum Gasteiger partial charge on any atom is -1.00 e. The van der Waals surface area contributed by atoms with Crippen molar-refractivity contribution in [3.05, 3.63) is 30.1 Å². The molecule has 56 valence electrons. The fraction of sp³-hybridized carbons (Fsp3) is 0.143. The molecule has 4 heteroatoms. The first-order chi connectivity index (χ1) is 4.33. The minimum atomic E-state index is -0.394. The van der Waals surface area contributed by atoms with Crippen molar-refractivity contribution in [2.45, 2.75) is 0 Å². The van der Waals surface area contributed by atoms with Gasteiger partial charge in [0.1, 0.15) is 0 Å². The summed E-state index contributed by atoms with van der Waals surface area (Å²) in [6.07, 6.45) is 0. The standard InChI is InChI=1S/C7H6FO.BrH.Mg/c1-9-7-4-2-3-6(8)5-7;;/h2,4-5H,1H3;1H;/q-1;;+2/p-1. The molecule has 0 aliphatic heterocycles. The van der Waals surface area contributed by atoms with Gasteiger partial charge in [-0.3, -0.25) is 0 Å². The number of hydrogen-bond donors (Lipinski definition) is 0. The van der Waals surface area contributed by atoms with E-state index in [1.54, 1.807) is 6.07 Å². The van der Waals surface area contributed by atoms with Gasteiger partial charge in [0.05, 0.1) is 7.11 Å². The van der Waals surface area contributed by atoms with E-state index < -0.39 is 5.82 Å². The maximum atomic E-state index is 12.2. The van der Waals surface area contributed by atoms with Gasteiger partial charge in [-0.1, -0.05) is 6.07 Å². The van der Waals surface area contributed by atoms with Crippen molar-refractivity contribution < 1.29 is 26.1 Å². The molecule has 0 unspecified atom stereocenters. The van der Waals surface area contributed by atoms with Crippen LogP contribution in [0.15, 0.2) is 18.2 Å². The first-order valence-corrected chi connectivity index (χ1v) is 2.54. The van der Waals surface area contributed by atoms with Gasteiger partial charge in [0, 0.05) is 11.6 Å². The fourth-order valence-electron chi connectivity index (χ4n) is 0.545. The average Bonchev–Trinajstić information content (AvgIpc) is 1.88. The van der Waals surface area contributed by atoms with E-state index in [2.05, 4.69) is 6.07 Å². The summed E-state index contributed by atoms with van der Waals surface area (Å²) in [5.41, 5.74) is 0. The molecule has 1 aromatic rings. The zero-order valence-corrected chi connectivity index (χ0v) is 9.10. The van der Waals surface area contributed by atoms with Gasteiger partial charge in [-0.25, -0.2) is 4.39 Å². The Morgan fingerprint density at radius 1 is 1.55 bits per heavy atom. The van der Waals surface area contributed by atoms with Gasteiger partial charge in [0.15, 0.2) is 0 Å². The van der Waals surface area contributed by atoms with Crippen LogP contribution in [0.3, 0.4) is 0 Å². The first kappa shape index (κ1) is 13.8. The van der Waals surface area contributed by atoms with Gasteiger partial charge in [0.2, 0.25) is 0 Å². The number of benzene rings is 1. The van der Waals surface area contributed by atoms with E-state index in [0.717, 1.165) is 0 Å². The summed E-state index contributed by atoms with van der Waals surface area (Å²) in [7, 11) is 1.49. The van der Waals surface area contributed by atoms with E-state index in [9.17, 15) is 4.39 Å². The maximum absolute atomic E-state index is 12.2. The van der Waals surface area contributed by atoms with Crippen molar-refractivity contribution in [2.75, 3.05) is 7.11 Å². The zero-order valence-electron chi connectivity index (χ0n) is 6.10. The van der Waals surface area contributed by atoms with E-state index in [0.29, 0.717) is 5.75 Å². The second-order valence-corrected chi connectivity index (χ2v) is 1.58. The molecule has 0 radical (unpaired) electrons. The summed E-state index contributed by atoms with van der Waals surface area (Å²) in [4.78, 5) is 0. The van der Waals surface area contributed by atoms with Crippen molar-refractivity contribution in [3.8, 4) is 5.75 Å². The van der Waals surface area contributed by atoms with Crippen LogP contribution in [0.25, 0.3) is 0 Å². The van der Waals surface area contributed by atoms with Crippen molar-refractivity contribution in [2.24, 2.45) is 0 Å². The van der Waals surface area contributed by atoms with Gasteiger partial charge in [0.25, 0.3) is 0 Å². The molecule has 0 amide bonds. The molecule has 0 N–H and O–H groups in total. The number of ether oxygens (including phenoxy) is 1. The van der Waals surface area contributed by atoms with Gasteiger partial charge < -0.3 is 21.7 Å². The van der Waals surface area contributed by atoms with Crippen LogP contribution in [0.1, 0.15) is 0 Å². The first-order valence-electron chi connectivity index (χ1n) is 2.54. The second-order valence-electron chi connectivity index (χ2n) is 1.58. The molecular weight excluding hydrogens is 223 g/mol. The number of halogens is 2. The third-order valence-corrected chi connectivity index (χ3v) is 0.974. The Hall–Kier alpha value is 0.196. The van der Waals surface area contributed by atoms with Crippen LogP contribution in [0.5, 0.6) is 5.75 Å². The van der Waals surface area contributed by atoms with E-state index in [4.69, 9.17) is 4.74 Å². The second kappa shape index (κ2) is 6.88. The SMILES string of the molecule is COc1cc[c-]c(F)c1.[Br-].[Mg+2]. The Balaban J connectivity index is 0. The Bertz CT molecular complexity index is 207. The fourth-order valence-corrected chi connectivity index (χ4v) is 0.545. The molecular formula is C7H6BrFMgO. The van der Waals surface area contributed by atoms with Crippen molar-refractivity contribution in [3.63, 3.8) is 0 Å². The molecule has 0 spiro atoms. The molecule has 0 saturated heterocycles. The van der Waals surface area contributed by atoms with Gasteiger partial charge in [-0.15, -0.1) is 12.1 Å². The van der Waals surface area contributed by atoms with Crippen LogP contribution in [0, 0.1) is 11.9 Å². The average molecular weight is 229 g/mol. The molecule has 11 heavy (non-hydrogen) atoms. The predicted molar refractivity (Wildman–Crippen MR) is 37.5 cm³/mol. The van der Waals surface area contributed by atoms with Crippen molar-refractivity contribution in [1.29, 1.82) is 0 Å². The van der Waals surface area contributed by atoms with Gasteiger partial charge in [-0.2, -0.15) is 6.07 Å². The van der Waals surface area contributed by atoms with Crippen LogP contribution in [-0.2, 0) is 0 Å². The molecule has 0 aromatic heterocycles. The maximum Gasteiger partial charge on any atom is 2.00 e. The summed E-state index contributed by atoms with van der Waals surface area (Å²) >= 11 is 0. The van der Waals surface area contributed by atoms with E-state index in [-0.39, 0.29) is 40.0 Å². The molecule has 0 aliphatic carbocycles. The summed E-state index contributed by atoms with van der Waals surface area (Å²) in [6.45, 7) is 0. The number of methoxy groups -OCH3 is 1. The number of hydrogen-bond acceptors (Lipinski definition) is 1. The summed E-state index contributed by atoms with van der Waals surface area (Å²) < 4.78 is 17.0. The summed E-state index contributed by atoms with van der Waals surface area (Å²) in [5, 5.41) is 0. The smallest absolute Gasteiger partial charge is 1.00 e. The minimum absolute atomic E-state index is 0. The molecule has 0 saturated carbocycles. The van der Waals surface area contributed by atoms with Crippen molar-refractivity contribution in [1.82, 2.24) is 0 Å². The normalized spacial score (nSPS) is 7.45. The van der Waals surface area contributed by atoms with Crippen molar-refractivity contribution >= 4 is 23.1 Å².